The van der Waals surface area contributed by atoms with Crippen molar-refractivity contribution in [2.75, 3.05) is 0 Å². The molecule has 1 N–H and O–H groups in total. The average Bonchev–Trinajstić information content (AvgIpc) is 2.33. The van der Waals surface area contributed by atoms with Gasteiger partial charge in [0.1, 0.15) is 5.15 Å². The predicted molar refractivity (Wildman–Crippen MR) is 81.5 cm³/mol. The minimum absolute atomic E-state index is 0.0888. The topological polar surface area (TPSA) is 54.9 Å². The highest BCUT2D eigenvalue weighted by Gasteiger charge is 2.18. The third kappa shape index (κ3) is 2.41. The van der Waals surface area contributed by atoms with Crippen molar-refractivity contribution in [1.82, 2.24) is 9.55 Å². The Morgan fingerprint density at radius 3 is 2.45 bits per heavy atom. The number of hydrogen-bond donors (Lipinski definition) is 1. The van der Waals surface area contributed by atoms with E-state index in [1.807, 2.05) is 13.8 Å². The second-order valence-corrected chi connectivity index (χ2v) is 5.62. The SMILES string of the molecule is Cc1c(Cl)cccc1-n1c(=O)[nH]c(Cl)c(C(C)C)c1=O. The molecule has 20 heavy (non-hydrogen) atoms. The minimum Gasteiger partial charge on any atom is -0.297 e. The van der Waals surface area contributed by atoms with Crippen LogP contribution in [0.3, 0.4) is 0 Å². The minimum atomic E-state index is -0.574. The van der Waals surface area contributed by atoms with Crippen molar-refractivity contribution in [1.29, 1.82) is 0 Å². The van der Waals surface area contributed by atoms with Crippen molar-refractivity contribution in [2.24, 2.45) is 0 Å². The van der Waals surface area contributed by atoms with Crippen LogP contribution in [0.25, 0.3) is 5.69 Å². The van der Waals surface area contributed by atoms with Crippen LogP contribution < -0.4 is 11.2 Å². The zero-order valence-corrected chi connectivity index (χ0v) is 12.8. The van der Waals surface area contributed by atoms with Gasteiger partial charge in [0, 0.05) is 5.02 Å². The van der Waals surface area contributed by atoms with E-state index in [0.29, 0.717) is 21.8 Å². The Labute approximate surface area is 126 Å². The molecular formula is C14H14Cl2N2O2. The van der Waals surface area contributed by atoms with Gasteiger partial charge in [0.25, 0.3) is 5.56 Å². The zero-order chi connectivity index (χ0) is 15.0. The molecule has 0 aliphatic carbocycles. The molecule has 0 saturated carbocycles. The van der Waals surface area contributed by atoms with Gasteiger partial charge in [0.05, 0.1) is 11.3 Å². The van der Waals surface area contributed by atoms with Crippen LogP contribution in [0.4, 0.5) is 0 Å². The quantitative estimate of drug-likeness (QED) is 0.865. The van der Waals surface area contributed by atoms with Crippen molar-refractivity contribution < 1.29 is 0 Å². The molecule has 106 valence electrons. The van der Waals surface area contributed by atoms with Gasteiger partial charge in [-0.1, -0.05) is 43.1 Å². The summed E-state index contributed by atoms with van der Waals surface area (Å²) in [5.74, 6) is -0.0995. The molecule has 1 aromatic carbocycles. The molecule has 1 heterocycles. The number of nitrogens with one attached hydrogen (secondary N) is 1. The highest BCUT2D eigenvalue weighted by molar-refractivity contribution is 6.31. The summed E-state index contributed by atoms with van der Waals surface area (Å²) in [5, 5.41) is 0.584. The fourth-order valence-corrected chi connectivity index (χ4v) is 2.63. The largest absolute Gasteiger partial charge is 0.334 e. The Bertz CT molecular complexity index is 776. The van der Waals surface area contributed by atoms with Crippen LogP contribution in [0.2, 0.25) is 10.2 Å². The third-order valence-corrected chi connectivity index (χ3v) is 3.85. The van der Waals surface area contributed by atoms with Gasteiger partial charge in [-0.05, 0) is 30.5 Å². The van der Waals surface area contributed by atoms with E-state index in [1.165, 1.54) is 0 Å². The number of rotatable bonds is 2. The van der Waals surface area contributed by atoms with E-state index in [1.54, 1.807) is 25.1 Å². The molecule has 0 saturated heterocycles. The number of nitrogens with zero attached hydrogens (tertiary/aromatic N) is 1. The van der Waals surface area contributed by atoms with Crippen LogP contribution in [0.15, 0.2) is 27.8 Å². The van der Waals surface area contributed by atoms with Gasteiger partial charge < -0.3 is 0 Å². The highest BCUT2D eigenvalue weighted by atomic mass is 35.5. The molecule has 6 heteroatoms. The molecule has 4 nitrogen and oxygen atoms in total. The Kier molecular flexibility index (Phi) is 4.06. The summed E-state index contributed by atoms with van der Waals surface area (Å²) in [6, 6.07) is 5.08. The van der Waals surface area contributed by atoms with Gasteiger partial charge in [-0.2, -0.15) is 0 Å². The normalized spacial score (nSPS) is 11.1. The summed E-state index contributed by atoms with van der Waals surface area (Å²) in [5.41, 5.74) is 0.514. The lowest BCUT2D eigenvalue weighted by molar-refractivity contribution is 0.775. The number of H-pyrrole nitrogens is 1. The highest BCUT2D eigenvalue weighted by Crippen LogP contribution is 2.22. The molecule has 0 aliphatic rings. The van der Waals surface area contributed by atoms with Gasteiger partial charge in [-0.3, -0.25) is 9.78 Å². The van der Waals surface area contributed by atoms with Gasteiger partial charge in [-0.15, -0.1) is 0 Å². The summed E-state index contributed by atoms with van der Waals surface area (Å²) in [6.45, 7) is 5.44. The first-order chi connectivity index (χ1) is 9.34. The number of aromatic amines is 1. The molecular weight excluding hydrogens is 299 g/mol. The van der Waals surface area contributed by atoms with Crippen LogP contribution in [-0.4, -0.2) is 9.55 Å². The Hall–Kier alpha value is -1.52. The Morgan fingerprint density at radius 2 is 1.85 bits per heavy atom. The van der Waals surface area contributed by atoms with Crippen LogP contribution in [0.1, 0.15) is 30.9 Å². The molecule has 0 fully saturated rings. The zero-order valence-electron chi connectivity index (χ0n) is 11.3. The lowest BCUT2D eigenvalue weighted by Crippen LogP contribution is -2.37. The molecule has 0 radical (unpaired) electrons. The molecule has 0 spiro atoms. The summed E-state index contributed by atoms with van der Waals surface area (Å²) in [6.07, 6.45) is 0. The first kappa shape index (κ1) is 14.9. The number of halogens is 2. The molecule has 0 aliphatic heterocycles. The van der Waals surface area contributed by atoms with E-state index in [9.17, 15) is 9.59 Å². The Balaban J connectivity index is 2.89. The molecule has 0 unspecified atom stereocenters. The first-order valence-corrected chi connectivity index (χ1v) is 6.90. The van der Waals surface area contributed by atoms with E-state index in [4.69, 9.17) is 23.2 Å². The van der Waals surface area contributed by atoms with Crippen molar-refractivity contribution in [2.45, 2.75) is 26.7 Å². The molecule has 2 rings (SSSR count). The summed E-state index contributed by atoms with van der Waals surface area (Å²) < 4.78 is 1.07. The van der Waals surface area contributed by atoms with Crippen molar-refractivity contribution in [3.05, 3.63) is 60.3 Å². The van der Waals surface area contributed by atoms with E-state index in [-0.39, 0.29) is 11.1 Å². The fourth-order valence-electron chi connectivity index (χ4n) is 2.08. The molecule has 1 aromatic heterocycles. The van der Waals surface area contributed by atoms with Gasteiger partial charge in [0.2, 0.25) is 0 Å². The monoisotopic (exact) mass is 312 g/mol. The van der Waals surface area contributed by atoms with Crippen LogP contribution in [0.5, 0.6) is 0 Å². The van der Waals surface area contributed by atoms with Crippen LogP contribution in [-0.2, 0) is 0 Å². The standard InChI is InChI=1S/C14H14Cl2N2O2/c1-7(2)11-12(16)17-14(20)18(13(11)19)10-6-4-5-9(15)8(10)3/h4-7H,1-3H3,(H,17,20). The van der Waals surface area contributed by atoms with E-state index >= 15 is 0 Å². The lowest BCUT2D eigenvalue weighted by Gasteiger charge is -2.13. The van der Waals surface area contributed by atoms with Gasteiger partial charge in [-0.25, -0.2) is 9.36 Å². The first-order valence-electron chi connectivity index (χ1n) is 6.14. The number of benzene rings is 1. The maximum Gasteiger partial charge on any atom is 0.334 e. The average molecular weight is 313 g/mol. The fraction of sp³-hybridized carbons (Fsp3) is 0.286. The molecule has 0 amide bonds. The van der Waals surface area contributed by atoms with Crippen molar-refractivity contribution in [3.8, 4) is 5.69 Å². The maximum atomic E-state index is 12.5. The molecule has 0 atom stereocenters. The van der Waals surface area contributed by atoms with Crippen molar-refractivity contribution in [3.63, 3.8) is 0 Å². The van der Waals surface area contributed by atoms with E-state index in [2.05, 4.69) is 4.98 Å². The number of hydrogen-bond acceptors (Lipinski definition) is 2. The summed E-state index contributed by atoms with van der Waals surface area (Å²) >= 11 is 12.0. The smallest absolute Gasteiger partial charge is 0.297 e. The molecule has 0 bridgehead atoms. The van der Waals surface area contributed by atoms with Gasteiger partial charge >= 0.3 is 5.69 Å². The second kappa shape index (κ2) is 5.46. The summed E-state index contributed by atoms with van der Waals surface area (Å²) in [7, 11) is 0. The maximum absolute atomic E-state index is 12.5. The van der Waals surface area contributed by atoms with E-state index < -0.39 is 11.2 Å². The lowest BCUT2D eigenvalue weighted by atomic mass is 10.1. The predicted octanol–water partition coefficient (Wildman–Crippen LogP) is 3.26. The van der Waals surface area contributed by atoms with Crippen molar-refractivity contribution >= 4 is 23.2 Å². The van der Waals surface area contributed by atoms with Gasteiger partial charge in [0.15, 0.2) is 0 Å². The summed E-state index contributed by atoms with van der Waals surface area (Å²) in [4.78, 5) is 27.1. The third-order valence-electron chi connectivity index (χ3n) is 3.15. The van der Waals surface area contributed by atoms with Crippen LogP contribution >= 0.6 is 23.2 Å². The number of aromatic nitrogens is 2. The molecule has 2 aromatic rings. The second-order valence-electron chi connectivity index (χ2n) is 4.84. The van der Waals surface area contributed by atoms with E-state index in [0.717, 1.165) is 4.57 Å². The van der Waals surface area contributed by atoms with Crippen LogP contribution in [0, 0.1) is 6.92 Å². The Morgan fingerprint density at radius 1 is 1.20 bits per heavy atom.